The number of hydrogen-bond donors (Lipinski definition) is 1. The van der Waals surface area contributed by atoms with Crippen LogP contribution in [0.2, 0.25) is 5.02 Å². The number of benzene rings is 2. The van der Waals surface area contributed by atoms with E-state index in [9.17, 15) is 4.79 Å². The third-order valence-electron chi connectivity index (χ3n) is 5.75. The van der Waals surface area contributed by atoms with Crippen LogP contribution in [0.25, 0.3) is 0 Å². The minimum atomic E-state index is -0.0983. The van der Waals surface area contributed by atoms with Gasteiger partial charge in [-0.2, -0.15) is 0 Å². The van der Waals surface area contributed by atoms with Gasteiger partial charge >= 0.3 is 0 Å². The van der Waals surface area contributed by atoms with Gasteiger partial charge in [-0.15, -0.1) is 0 Å². The Morgan fingerprint density at radius 1 is 1.23 bits per heavy atom. The van der Waals surface area contributed by atoms with Crippen molar-refractivity contribution in [2.45, 2.75) is 45.6 Å². The highest BCUT2D eigenvalue weighted by atomic mass is 35.5. The molecule has 1 aliphatic rings. The molecule has 1 saturated heterocycles. The number of ether oxygens (including phenoxy) is 2. The van der Waals surface area contributed by atoms with Gasteiger partial charge in [-0.25, -0.2) is 0 Å². The number of halogens is 1. The summed E-state index contributed by atoms with van der Waals surface area (Å²) in [5.41, 5.74) is 2.26. The predicted octanol–water partition coefficient (Wildman–Crippen LogP) is 5.76. The van der Waals surface area contributed by atoms with Crippen LogP contribution in [0, 0.1) is 11.8 Å². The summed E-state index contributed by atoms with van der Waals surface area (Å²) in [5, 5.41) is 3.64. The molecule has 3 atom stereocenters. The summed E-state index contributed by atoms with van der Waals surface area (Å²) in [5.74, 6) is 1.72. The molecule has 0 aliphatic carbocycles. The van der Waals surface area contributed by atoms with Gasteiger partial charge in [0.25, 0.3) is 5.91 Å². The summed E-state index contributed by atoms with van der Waals surface area (Å²) in [4.78, 5) is 11.8. The molecule has 0 unspecified atom stereocenters. The molecule has 3 rings (SSSR count). The van der Waals surface area contributed by atoms with Crippen LogP contribution in [0.15, 0.2) is 48.5 Å². The zero-order chi connectivity index (χ0) is 21.5. The molecule has 5 heteroatoms. The van der Waals surface area contributed by atoms with Crippen molar-refractivity contribution >= 4 is 17.5 Å². The van der Waals surface area contributed by atoms with Gasteiger partial charge in [-0.3, -0.25) is 4.79 Å². The molecule has 1 N–H and O–H groups in total. The van der Waals surface area contributed by atoms with E-state index in [-0.39, 0.29) is 18.6 Å². The number of rotatable bonds is 8. The van der Waals surface area contributed by atoms with E-state index in [1.165, 1.54) is 5.56 Å². The number of hydrogen-bond acceptors (Lipinski definition) is 3. The van der Waals surface area contributed by atoms with Crippen molar-refractivity contribution in [1.29, 1.82) is 0 Å². The van der Waals surface area contributed by atoms with Crippen LogP contribution in [0.4, 0.5) is 0 Å². The summed E-state index contributed by atoms with van der Waals surface area (Å²) < 4.78 is 12.1. The Labute approximate surface area is 184 Å². The van der Waals surface area contributed by atoms with Gasteiger partial charge in [0.05, 0.1) is 12.7 Å². The van der Waals surface area contributed by atoms with Gasteiger partial charge in [0, 0.05) is 17.5 Å². The lowest BCUT2D eigenvalue weighted by Gasteiger charge is -2.39. The second-order valence-corrected chi connectivity index (χ2v) is 8.73. The van der Waals surface area contributed by atoms with Crippen LogP contribution in [0.5, 0.6) is 5.75 Å². The summed E-state index contributed by atoms with van der Waals surface area (Å²) >= 11 is 6.45. The van der Waals surface area contributed by atoms with Gasteiger partial charge in [0.2, 0.25) is 0 Å². The summed E-state index contributed by atoms with van der Waals surface area (Å²) in [7, 11) is 0. The van der Waals surface area contributed by atoms with E-state index in [1.807, 2.05) is 43.3 Å². The lowest BCUT2D eigenvalue weighted by Crippen LogP contribution is -2.31. The number of nitrogens with one attached hydrogen (secondary N) is 1. The normalized spacial score (nSPS) is 21.4. The van der Waals surface area contributed by atoms with E-state index < -0.39 is 0 Å². The maximum Gasteiger partial charge on any atom is 0.257 e. The van der Waals surface area contributed by atoms with E-state index >= 15 is 0 Å². The van der Waals surface area contributed by atoms with Crippen LogP contribution in [0.3, 0.4) is 0 Å². The number of carbonyl (C=O) groups excluding carboxylic acids is 1. The Morgan fingerprint density at radius 3 is 2.77 bits per heavy atom. The first kappa shape index (κ1) is 22.6. The van der Waals surface area contributed by atoms with E-state index in [2.05, 4.69) is 31.3 Å². The first-order valence-corrected chi connectivity index (χ1v) is 11.2. The minimum absolute atomic E-state index is 0.00112. The van der Waals surface area contributed by atoms with E-state index in [4.69, 9.17) is 21.1 Å². The van der Waals surface area contributed by atoms with Crippen LogP contribution >= 0.6 is 11.6 Å². The molecule has 0 aromatic heterocycles. The summed E-state index contributed by atoms with van der Waals surface area (Å²) in [6, 6.07) is 16.0. The Hall–Kier alpha value is -2.04. The van der Waals surface area contributed by atoms with Gasteiger partial charge in [-0.05, 0) is 54.0 Å². The molecule has 2 aromatic carbocycles. The van der Waals surface area contributed by atoms with Gasteiger partial charge < -0.3 is 14.8 Å². The molecule has 1 heterocycles. The topological polar surface area (TPSA) is 47.6 Å². The lowest BCUT2D eigenvalue weighted by atomic mass is 9.76. The molecule has 1 fully saturated rings. The third-order valence-corrected chi connectivity index (χ3v) is 6.10. The maximum absolute atomic E-state index is 11.8. The zero-order valence-electron chi connectivity index (χ0n) is 18.1. The number of amides is 1. The molecule has 0 spiro atoms. The molecule has 162 valence electrons. The first-order chi connectivity index (χ1) is 14.5. The third kappa shape index (κ3) is 5.77. The molecule has 0 saturated carbocycles. The van der Waals surface area contributed by atoms with Crippen molar-refractivity contribution in [3.05, 3.63) is 64.7 Å². The van der Waals surface area contributed by atoms with Crippen LogP contribution in [-0.2, 0) is 9.53 Å². The fourth-order valence-electron chi connectivity index (χ4n) is 4.10. The van der Waals surface area contributed by atoms with Gasteiger partial charge in [0.15, 0.2) is 6.61 Å². The molecule has 0 radical (unpaired) electrons. The molecule has 0 bridgehead atoms. The second-order valence-electron chi connectivity index (χ2n) is 8.33. The Balaban J connectivity index is 1.70. The standard InChI is InChI=1S/C25H32ClNO3/c1-4-12-27-24(28)16-29-20-9-7-8-18(13-20)25-22(17(2)3)14-19(15-30-25)21-10-5-6-11-23(21)26/h5-11,13,17,19,22,25H,4,12,14-16H2,1-3H3,(H,27,28)/t19-,22-,25-/m0/s1. The Kier molecular flexibility index (Phi) is 8.17. The quantitative estimate of drug-likeness (QED) is 0.580. The highest BCUT2D eigenvalue weighted by Crippen LogP contribution is 2.45. The molecule has 1 amide bonds. The van der Waals surface area contributed by atoms with Gasteiger partial charge in [-0.1, -0.05) is 62.7 Å². The van der Waals surface area contributed by atoms with E-state index in [0.29, 0.717) is 36.7 Å². The molecule has 30 heavy (non-hydrogen) atoms. The second kappa shape index (κ2) is 10.8. The van der Waals surface area contributed by atoms with Crippen molar-refractivity contribution in [1.82, 2.24) is 5.32 Å². The van der Waals surface area contributed by atoms with Crippen LogP contribution in [0.1, 0.15) is 56.8 Å². The Bertz CT molecular complexity index is 839. The largest absolute Gasteiger partial charge is 0.484 e. The van der Waals surface area contributed by atoms with Crippen molar-refractivity contribution in [3.63, 3.8) is 0 Å². The molecule has 2 aromatic rings. The fraction of sp³-hybridized carbons (Fsp3) is 0.480. The van der Waals surface area contributed by atoms with Crippen molar-refractivity contribution in [2.75, 3.05) is 19.8 Å². The average molecular weight is 430 g/mol. The predicted molar refractivity (Wildman–Crippen MR) is 121 cm³/mol. The molecule has 1 aliphatic heterocycles. The summed E-state index contributed by atoms with van der Waals surface area (Å²) in [6.45, 7) is 7.85. The smallest absolute Gasteiger partial charge is 0.257 e. The first-order valence-electron chi connectivity index (χ1n) is 10.8. The van der Waals surface area contributed by atoms with Crippen molar-refractivity contribution < 1.29 is 14.3 Å². The Morgan fingerprint density at radius 2 is 2.03 bits per heavy atom. The van der Waals surface area contributed by atoms with Gasteiger partial charge in [0.1, 0.15) is 5.75 Å². The van der Waals surface area contributed by atoms with E-state index in [1.54, 1.807) is 0 Å². The van der Waals surface area contributed by atoms with Crippen LogP contribution in [-0.4, -0.2) is 25.7 Å². The highest BCUT2D eigenvalue weighted by molar-refractivity contribution is 6.31. The molecular formula is C25H32ClNO3. The van der Waals surface area contributed by atoms with Crippen molar-refractivity contribution in [2.24, 2.45) is 11.8 Å². The lowest BCUT2D eigenvalue weighted by molar-refractivity contribution is -0.123. The molecule has 4 nitrogen and oxygen atoms in total. The van der Waals surface area contributed by atoms with Crippen LogP contribution < -0.4 is 10.1 Å². The van der Waals surface area contributed by atoms with Crippen molar-refractivity contribution in [3.8, 4) is 5.75 Å². The average Bonchev–Trinajstić information content (AvgIpc) is 2.76. The zero-order valence-corrected chi connectivity index (χ0v) is 18.8. The number of carbonyl (C=O) groups is 1. The minimum Gasteiger partial charge on any atom is -0.484 e. The van der Waals surface area contributed by atoms with E-state index in [0.717, 1.165) is 23.4 Å². The monoisotopic (exact) mass is 429 g/mol. The molecular weight excluding hydrogens is 398 g/mol. The SMILES string of the molecule is CCCNC(=O)COc1cccc([C@@H]2OC[C@@H](c3ccccc3Cl)C[C@H]2C(C)C)c1. The maximum atomic E-state index is 11.8. The highest BCUT2D eigenvalue weighted by Gasteiger charge is 2.35. The summed E-state index contributed by atoms with van der Waals surface area (Å²) in [6.07, 6.45) is 1.93. The fourth-order valence-corrected chi connectivity index (χ4v) is 4.39.